The van der Waals surface area contributed by atoms with Gasteiger partial charge < -0.3 is 25.5 Å². The Morgan fingerprint density at radius 1 is 1.05 bits per heavy atom. The zero-order valence-corrected chi connectivity index (χ0v) is 12.7. The van der Waals surface area contributed by atoms with E-state index in [1.54, 1.807) is 36.4 Å². The number of nitrogen functional groups attached to an aromatic ring is 1. The van der Waals surface area contributed by atoms with Crippen LogP contribution in [0.15, 0.2) is 48.5 Å². The lowest BCUT2D eigenvalue weighted by Gasteiger charge is -2.04. The van der Waals surface area contributed by atoms with E-state index in [0.29, 0.717) is 5.69 Å². The molecule has 2 aromatic rings. The van der Waals surface area contributed by atoms with Crippen LogP contribution < -0.4 is 10.5 Å². The molecule has 0 fully saturated rings. The molecule has 0 aliphatic carbocycles. The summed E-state index contributed by atoms with van der Waals surface area (Å²) in [5.41, 5.74) is 5.89. The molecule has 0 bridgehead atoms. The minimum Gasteiger partial charge on any atom is -0.508 e. The molecule has 4 N–H and O–H groups in total. The zero-order chi connectivity index (χ0) is 16.8. The van der Waals surface area contributed by atoms with Gasteiger partial charge in [-0.3, -0.25) is 0 Å². The van der Waals surface area contributed by atoms with Crippen LogP contribution in [0.4, 0.5) is 5.69 Å². The van der Waals surface area contributed by atoms with Crippen molar-refractivity contribution in [2.75, 3.05) is 12.3 Å². The molecule has 0 aliphatic rings. The van der Waals surface area contributed by atoms with Gasteiger partial charge in [0.1, 0.15) is 24.0 Å². The third-order valence-electron chi connectivity index (χ3n) is 2.45. The van der Waals surface area contributed by atoms with Gasteiger partial charge in [0, 0.05) is 17.8 Å². The van der Waals surface area contributed by atoms with Gasteiger partial charge in [0.05, 0.1) is 6.61 Å². The zero-order valence-electron chi connectivity index (χ0n) is 12.7. The Morgan fingerprint density at radius 2 is 1.64 bits per heavy atom. The highest BCUT2D eigenvalue weighted by atomic mass is 16.5. The molecule has 0 amide bonds. The van der Waals surface area contributed by atoms with Crippen molar-refractivity contribution in [3.63, 3.8) is 0 Å². The monoisotopic (exact) mass is 305 g/mol. The van der Waals surface area contributed by atoms with E-state index in [1.165, 1.54) is 6.07 Å². The number of phenols is 2. The van der Waals surface area contributed by atoms with Gasteiger partial charge in [-0.2, -0.15) is 0 Å². The first-order valence-electron chi connectivity index (χ1n) is 6.87. The number of carbonyl (C=O) groups excluding carboxylic acids is 1. The van der Waals surface area contributed by atoms with E-state index in [-0.39, 0.29) is 11.5 Å². The number of ether oxygens (including phenoxy) is 1. The van der Waals surface area contributed by atoms with Gasteiger partial charge in [-0.1, -0.05) is 25.5 Å². The predicted octanol–water partition coefficient (Wildman–Crippen LogP) is 3.36. The van der Waals surface area contributed by atoms with E-state index in [2.05, 4.69) is 6.92 Å². The first-order chi connectivity index (χ1) is 10.6. The molecular weight excluding hydrogens is 282 g/mol. The first kappa shape index (κ1) is 19.3. The largest absolute Gasteiger partial charge is 0.508 e. The van der Waals surface area contributed by atoms with E-state index < -0.39 is 0 Å². The predicted molar refractivity (Wildman–Crippen MR) is 88.2 cm³/mol. The van der Waals surface area contributed by atoms with Crippen LogP contribution >= 0.6 is 0 Å². The van der Waals surface area contributed by atoms with Gasteiger partial charge in [-0.15, -0.1) is 0 Å². The van der Waals surface area contributed by atoms with Crippen molar-refractivity contribution in [3.05, 3.63) is 48.5 Å². The number of unbranched alkanes of at least 4 members (excludes halogenated alkanes) is 1. The van der Waals surface area contributed by atoms with Gasteiger partial charge >= 0.3 is 0 Å². The normalized spacial score (nSPS) is 8.77. The van der Waals surface area contributed by atoms with Crippen molar-refractivity contribution in [2.24, 2.45) is 0 Å². The Labute approximate surface area is 131 Å². The Balaban J connectivity index is 0.000000382. The molecule has 0 unspecified atom stereocenters. The number of anilines is 1. The molecule has 0 saturated carbocycles. The molecule has 0 atom stereocenters. The summed E-state index contributed by atoms with van der Waals surface area (Å²) in [4.78, 5) is 8.00. The molecule has 0 radical (unpaired) electrons. The van der Waals surface area contributed by atoms with E-state index in [4.69, 9.17) is 25.5 Å². The van der Waals surface area contributed by atoms with Crippen molar-refractivity contribution in [3.8, 4) is 17.2 Å². The van der Waals surface area contributed by atoms with Gasteiger partial charge in [0.2, 0.25) is 0 Å². The van der Waals surface area contributed by atoms with Crippen molar-refractivity contribution < 1.29 is 19.7 Å². The molecule has 5 nitrogen and oxygen atoms in total. The van der Waals surface area contributed by atoms with Crippen LogP contribution in [-0.4, -0.2) is 23.6 Å². The highest BCUT2D eigenvalue weighted by Gasteiger charge is 1.93. The summed E-state index contributed by atoms with van der Waals surface area (Å²) in [6.45, 7) is 4.84. The van der Waals surface area contributed by atoms with Crippen LogP contribution in [0.5, 0.6) is 17.2 Å². The average molecular weight is 305 g/mol. The Hall–Kier alpha value is -2.69. The van der Waals surface area contributed by atoms with Crippen LogP contribution in [0.1, 0.15) is 19.8 Å². The topological polar surface area (TPSA) is 92.8 Å². The second-order valence-electron chi connectivity index (χ2n) is 4.29. The number of nitrogens with two attached hydrogens (primary N) is 1. The third-order valence-corrected chi connectivity index (χ3v) is 2.45. The number of hydrogen-bond donors (Lipinski definition) is 3. The molecule has 0 aromatic heterocycles. The van der Waals surface area contributed by atoms with E-state index in [1.807, 2.05) is 12.9 Å². The van der Waals surface area contributed by atoms with Crippen LogP contribution in [0, 0.1) is 0 Å². The number of rotatable bonds is 4. The molecule has 120 valence electrons. The first-order valence-corrected chi connectivity index (χ1v) is 6.87. The summed E-state index contributed by atoms with van der Waals surface area (Å²) < 4.78 is 5.37. The quantitative estimate of drug-likeness (QED) is 0.595. The van der Waals surface area contributed by atoms with Crippen molar-refractivity contribution in [2.45, 2.75) is 19.8 Å². The number of benzene rings is 2. The number of hydrogen-bond acceptors (Lipinski definition) is 5. The molecule has 2 rings (SSSR count). The summed E-state index contributed by atoms with van der Waals surface area (Å²) in [7, 11) is 0. The molecule has 5 heteroatoms. The second-order valence-corrected chi connectivity index (χ2v) is 4.29. The standard InChI is InChI=1S/C10H14O2.C6H7NO.CH2O/c1-2-3-7-12-10-6-4-5-9(11)8-10;7-5-2-1-3-6(8)4-5;1-2/h4-6,8,11H,2-3,7H2,1H3;1-4,8H,7H2;1H2. The molecule has 22 heavy (non-hydrogen) atoms. The minimum atomic E-state index is 0.213. The van der Waals surface area contributed by atoms with Crippen LogP contribution in [-0.2, 0) is 4.79 Å². The van der Waals surface area contributed by atoms with Gasteiger partial charge in [-0.05, 0) is 30.7 Å². The van der Waals surface area contributed by atoms with E-state index in [9.17, 15) is 0 Å². The van der Waals surface area contributed by atoms with Crippen LogP contribution in [0.2, 0.25) is 0 Å². The second kappa shape index (κ2) is 12.1. The lowest BCUT2D eigenvalue weighted by atomic mass is 10.3. The van der Waals surface area contributed by atoms with E-state index in [0.717, 1.165) is 25.2 Å². The van der Waals surface area contributed by atoms with Crippen molar-refractivity contribution in [1.82, 2.24) is 0 Å². The molecular formula is C17H23NO4. The number of aromatic hydroxyl groups is 2. The maximum Gasteiger partial charge on any atom is 0.122 e. The van der Waals surface area contributed by atoms with Crippen molar-refractivity contribution >= 4 is 12.5 Å². The Morgan fingerprint density at radius 3 is 2.09 bits per heavy atom. The number of carbonyl (C=O) groups is 1. The summed E-state index contributed by atoms with van der Waals surface area (Å²) in [6, 6.07) is 13.4. The van der Waals surface area contributed by atoms with Gasteiger partial charge in [-0.25, -0.2) is 0 Å². The molecule has 0 aliphatic heterocycles. The Bertz CT molecular complexity index is 514. The maximum absolute atomic E-state index is 9.09. The van der Waals surface area contributed by atoms with Crippen molar-refractivity contribution in [1.29, 1.82) is 0 Å². The maximum atomic E-state index is 9.09. The van der Waals surface area contributed by atoms with Crippen LogP contribution in [0.3, 0.4) is 0 Å². The summed E-state index contributed by atoms with van der Waals surface area (Å²) in [6.07, 6.45) is 2.18. The smallest absolute Gasteiger partial charge is 0.122 e. The summed E-state index contributed by atoms with van der Waals surface area (Å²) in [5, 5.41) is 17.8. The van der Waals surface area contributed by atoms with E-state index >= 15 is 0 Å². The molecule has 0 saturated heterocycles. The minimum absolute atomic E-state index is 0.213. The average Bonchev–Trinajstić information content (AvgIpc) is 2.50. The van der Waals surface area contributed by atoms with Gasteiger partial charge in [0.15, 0.2) is 0 Å². The fraction of sp³-hybridized carbons (Fsp3) is 0.235. The van der Waals surface area contributed by atoms with Crippen LogP contribution in [0.25, 0.3) is 0 Å². The highest BCUT2D eigenvalue weighted by Crippen LogP contribution is 2.17. The third kappa shape index (κ3) is 9.25. The molecule has 0 heterocycles. The lowest BCUT2D eigenvalue weighted by molar-refractivity contribution is -0.0979. The Kier molecular flexibility index (Phi) is 10.6. The lowest BCUT2D eigenvalue weighted by Crippen LogP contribution is -1.95. The molecule has 2 aromatic carbocycles. The molecule has 0 spiro atoms. The van der Waals surface area contributed by atoms with Gasteiger partial charge in [0.25, 0.3) is 0 Å². The fourth-order valence-electron chi connectivity index (χ4n) is 1.43. The highest BCUT2D eigenvalue weighted by molar-refractivity contribution is 5.42. The SMILES string of the molecule is C=O.CCCCOc1cccc(O)c1.Nc1cccc(O)c1. The fourth-order valence-corrected chi connectivity index (χ4v) is 1.43. The summed E-state index contributed by atoms with van der Waals surface area (Å²) >= 11 is 0. The summed E-state index contributed by atoms with van der Waals surface area (Å²) in [5.74, 6) is 1.21. The number of phenolic OH excluding ortho intramolecular Hbond substituents is 2.